The van der Waals surface area contributed by atoms with Crippen LogP contribution in [0.5, 0.6) is 0 Å². The van der Waals surface area contributed by atoms with Crippen molar-refractivity contribution < 1.29 is 4.74 Å². The molecule has 1 fully saturated rings. The minimum Gasteiger partial charge on any atom is -0.357 e. The number of hydrogen-bond donors (Lipinski definition) is 0. The summed E-state index contributed by atoms with van der Waals surface area (Å²) in [5.74, 6) is 0. The third kappa shape index (κ3) is 2.74. The zero-order valence-corrected chi connectivity index (χ0v) is 9.80. The van der Waals surface area contributed by atoms with Gasteiger partial charge in [0.2, 0.25) is 0 Å². The van der Waals surface area contributed by atoms with E-state index in [1.165, 1.54) is 6.42 Å². The molecule has 16 heavy (non-hydrogen) atoms. The number of ether oxygens (including phenoxy) is 1. The van der Waals surface area contributed by atoms with E-state index < -0.39 is 0 Å². The molecule has 0 aromatic heterocycles. The second kappa shape index (κ2) is 5.87. The van der Waals surface area contributed by atoms with Gasteiger partial charge in [0.05, 0.1) is 5.69 Å². The lowest BCUT2D eigenvalue weighted by molar-refractivity contribution is 0.0569. The van der Waals surface area contributed by atoms with E-state index in [1.54, 1.807) is 0 Å². The molecule has 1 aromatic carbocycles. The first-order valence-electron chi connectivity index (χ1n) is 6.05. The van der Waals surface area contributed by atoms with Gasteiger partial charge in [0.15, 0.2) is 0 Å². The number of unbranched alkanes of at least 4 members (excludes halogenated alkanes) is 1. The molecule has 1 aromatic rings. The minimum atomic E-state index is 0.133. The standard InChI is InChI=1S/C13H19N2O/c1-2-3-11-16-13-9-10-14-15(13)12-7-5-4-6-8-12/h4-8,13H,2-3,9-11H2,1H3. The maximum absolute atomic E-state index is 5.84. The maximum atomic E-state index is 5.84. The van der Waals surface area contributed by atoms with Crippen molar-refractivity contribution >= 4 is 5.69 Å². The molecule has 2 rings (SSSR count). The molecule has 0 N–H and O–H groups in total. The first-order valence-corrected chi connectivity index (χ1v) is 6.05. The van der Waals surface area contributed by atoms with Gasteiger partial charge >= 0.3 is 0 Å². The molecule has 0 spiro atoms. The van der Waals surface area contributed by atoms with E-state index in [0.717, 1.165) is 31.7 Å². The highest BCUT2D eigenvalue weighted by atomic mass is 16.5. The van der Waals surface area contributed by atoms with Gasteiger partial charge in [-0.25, -0.2) is 0 Å². The molecular formula is C13H19N2O. The fourth-order valence-corrected chi connectivity index (χ4v) is 1.84. The second-order valence-electron chi connectivity index (χ2n) is 4.01. The summed E-state index contributed by atoms with van der Waals surface area (Å²) in [4.78, 5) is 0. The lowest BCUT2D eigenvalue weighted by Gasteiger charge is -2.24. The fraction of sp³-hybridized carbons (Fsp3) is 0.538. The summed E-state index contributed by atoms with van der Waals surface area (Å²) in [6.45, 7) is 3.88. The lowest BCUT2D eigenvalue weighted by Crippen LogP contribution is -2.35. The van der Waals surface area contributed by atoms with Crippen LogP contribution in [0.1, 0.15) is 26.2 Å². The number of benzene rings is 1. The molecule has 3 nitrogen and oxygen atoms in total. The minimum absolute atomic E-state index is 0.133. The number of rotatable bonds is 5. The van der Waals surface area contributed by atoms with Crippen LogP contribution in [0.2, 0.25) is 0 Å². The summed E-state index contributed by atoms with van der Waals surface area (Å²) in [7, 11) is 0. The zero-order chi connectivity index (χ0) is 11.2. The molecule has 1 aliphatic rings. The predicted octanol–water partition coefficient (Wildman–Crippen LogP) is 2.56. The van der Waals surface area contributed by atoms with Crippen LogP contribution in [0.3, 0.4) is 0 Å². The van der Waals surface area contributed by atoms with Crippen LogP contribution in [0.15, 0.2) is 30.3 Å². The average Bonchev–Trinajstić information content (AvgIpc) is 2.79. The molecule has 1 radical (unpaired) electrons. The maximum Gasteiger partial charge on any atom is 0.147 e. The third-order valence-corrected chi connectivity index (χ3v) is 2.73. The Morgan fingerprint density at radius 2 is 2.19 bits per heavy atom. The quantitative estimate of drug-likeness (QED) is 0.711. The van der Waals surface area contributed by atoms with E-state index in [2.05, 4.69) is 24.5 Å². The Morgan fingerprint density at radius 1 is 1.38 bits per heavy atom. The number of nitrogens with zero attached hydrogens (tertiary/aromatic N) is 2. The van der Waals surface area contributed by atoms with E-state index in [-0.39, 0.29) is 6.23 Å². The van der Waals surface area contributed by atoms with Crippen molar-refractivity contribution in [3.63, 3.8) is 0 Å². The van der Waals surface area contributed by atoms with Crippen LogP contribution >= 0.6 is 0 Å². The highest BCUT2D eigenvalue weighted by molar-refractivity contribution is 5.45. The van der Waals surface area contributed by atoms with Gasteiger partial charge in [0.25, 0.3) is 0 Å². The van der Waals surface area contributed by atoms with Crippen LogP contribution in [-0.2, 0) is 4.74 Å². The molecule has 0 bridgehead atoms. The van der Waals surface area contributed by atoms with Crippen molar-refractivity contribution in [2.75, 3.05) is 18.2 Å². The van der Waals surface area contributed by atoms with Gasteiger partial charge < -0.3 is 4.74 Å². The molecule has 0 saturated carbocycles. The Labute approximate surface area is 97.4 Å². The van der Waals surface area contributed by atoms with Crippen LogP contribution in [0.4, 0.5) is 5.69 Å². The normalized spacial score (nSPS) is 20.3. The SMILES string of the molecule is CCCCOC1CC[N]N1c1ccccc1. The van der Waals surface area contributed by atoms with Gasteiger partial charge in [0, 0.05) is 19.6 Å². The van der Waals surface area contributed by atoms with E-state index in [9.17, 15) is 0 Å². The van der Waals surface area contributed by atoms with Gasteiger partial charge in [-0.3, -0.25) is 5.01 Å². The zero-order valence-electron chi connectivity index (χ0n) is 9.80. The monoisotopic (exact) mass is 219 g/mol. The predicted molar refractivity (Wildman–Crippen MR) is 65.2 cm³/mol. The highest BCUT2D eigenvalue weighted by Gasteiger charge is 2.26. The van der Waals surface area contributed by atoms with Crippen LogP contribution in [0, 0.1) is 0 Å². The Bertz CT molecular complexity index is 302. The summed E-state index contributed by atoms with van der Waals surface area (Å²) in [6, 6.07) is 10.2. The second-order valence-corrected chi connectivity index (χ2v) is 4.01. The number of hydrogen-bond acceptors (Lipinski definition) is 2. The molecule has 1 saturated heterocycles. The molecule has 1 heterocycles. The van der Waals surface area contributed by atoms with Gasteiger partial charge in [-0.1, -0.05) is 31.5 Å². The first-order chi connectivity index (χ1) is 7.92. The Kier molecular flexibility index (Phi) is 4.19. The summed E-state index contributed by atoms with van der Waals surface area (Å²) in [6.07, 6.45) is 3.43. The molecule has 1 atom stereocenters. The van der Waals surface area contributed by atoms with E-state index in [1.807, 2.05) is 23.2 Å². The van der Waals surface area contributed by atoms with Crippen molar-refractivity contribution in [1.29, 1.82) is 0 Å². The fourth-order valence-electron chi connectivity index (χ4n) is 1.84. The smallest absolute Gasteiger partial charge is 0.147 e. The van der Waals surface area contributed by atoms with Gasteiger partial charge in [0.1, 0.15) is 6.23 Å². The van der Waals surface area contributed by atoms with Gasteiger partial charge in [-0.05, 0) is 18.6 Å². The summed E-state index contributed by atoms with van der Waals surface area (Å²) >= 11 is 0. The Morgan fingerprint density at radius 3 is 2.94 bits per heavy atom. The molecule has 87 valence electrons. The average molecular weight is 219 g/mol. The molecule has 3 heteroatoms. The molecule has 0 amide bonds. The molecule has 1 unspecified atom stereocenters. The summed E-state index contributed by atoms with van der Waals surface area (Å²) in [5.41, 5.74) is 5.60. The Balaban J connectivity index is 1.93. The van der Waals surface area contributed by atoms with Crippen molar-refractivity contribution in [2.45, 2.75) is 32.4 Å². The van der Waals surface area contributed by atoms with Crippen LogP contribution in [0.25, 0.3) is 0 Å². The van der Waals surface area contributed by atoms with E-state index in [0.29, 0.717) is 0 Å². The van der Waals surface area contributed by atoms with Gasteiger partial charge in [-0.15, -0.1) is 5.43 Å². The van der Waals surface area contributed by atoms with Crippen molar-refractivity contribution in [3.05, 3.63) is 30.3 Å². The molecule has 1 aliphatic heterocycles. The van der Waals surface area contributed by atoms with Crippen molar-refractivity contribution in [3.8, 4) is 0 Å². The van der Waals surface area contributed by atoms with E-state index in [4.69, 9.17) is 4.74 Å². The Hall–Kier alpha value is -1.06. The summed E-state index contributed by atoms with van der Waals surface area (Å²) < 4.78 is 5.84. The molecular weight excluding hydrogens is 200 g/mol. The summed E-state index contributed by atoms with van der Waals surface area (Å²) in [5, 5.41) is 2.01. The van der Waals surface area contributed by atoms with Crippen LogP contribution in [-0.4, -0.2) is 19.4 Å². The van der Waals surface area contributed by atoms with Crippen molar-refractivity contribution in [1.82, 2.24) is 5.43 Å². The topological polar surface area (TPSA) is 26.6 Å². The number of para-hydroxylation sites is 1. The molecule has 0 aliphatic carbocycles. The third-order valence-electron chi connectivity index (χ3n) is 2.73. The van der Waals surface area contributed by atoms with Crippen LogP contribution < -0.4 is 10.4 Å². The lowest BCUT2D eigenvalue weighted by atomic mass is 10.3. The van der Waals surface area contributed by atoms with Gasteiger partial charge in [-0.2, -0.15) is 0 Å². The first kappa shape index (κ1) is 11.4. The largest absolute Gasteiger partial charge is 0.357 e. The highest BCUT2D eigenvalue weighted by Crippen LogP contribution is 2.21. The van der Waals surface area contributed by atoms with Crippen molar-refractivity contribution in [2.24, 2.45) is 0 Å². The van der Waals surface area contributed by atoms with E-state index >= 15 is 0 Å². The number of anilines is 1.